The average Bonchev–Trinajstić information content (AvgIpc) is 2.36. The highest BCUT2D eigenvalue weighted by atomic mass is 16.5. The molecular formula is C16H19BO. The highest BCUT2D eigenvalue weighted by Gasteiger charge is 2.00. The van der Waals surface area contributed by atoms with Crippen LogP contribution in [0.5, 0.6) is 5.75 Å². The summed E-state index contributed by atoms with van der Waals surface area (Å²) in [6.45, 7) is 2.14. The van der Waals surface area contributed by atoms with Crippen LogP contribution in [0, 0.1) is 6.92 Å². The van der Waals surface area contributed by atoms with Gasteiger partial charge in [0.05, 0.1) is 7.11 Å². The molecule has 2 aromatic rings. The fourth-order valence-corrected chi connectivity index (χ4v) is 2.24. The molecule has 92 valence electrons. The Morgan fingerprint density at radius 2 is 1.78 bits per heavy atom. The lowest BCUT2D eigenvalue weighted by Gasteiger charge is -2.07. The van der Waals surface area contributed by atoms with E-state index in [1.165, 1.54) is 22.2 Å². The molecule has 0 aliphatic heterocycles. The van der Waals surface area contributed by atoms with Crippen LogP contribution in [0.1, 0.15) is 16.7 Å². The molecule has 0 bridgehead atoms. The van der Waals surface area contributed by atoms with Gasteiger partial charge >= 0.3 is 0 Å². The number of methoxy groups -OCH3 is 1. The van der Waals surface area contributed by atoms with Crippen LogP contribution < -0.4 is 10.2 Å². The van der Waals surface area contributed by atoms with Crippen LogP contribution in [-0.2, 0) is 12.8 Å². The van der Waals surface area contributed by atoms with Gasteiger partial charge in [-0.3, -0.25) is 0 Å². The van der Waals surface area contributed by atoms with E-state index in [0.717, 1.165) is 18.6 Å². The maximum absolute atomic E-state index is 5.31. The van der Waals surface area contributed by atoms with Gasteiger partial charge in [-0.05, 0) is 43.0 Å². The van der Waals surface area contributed by atoms with Gasteiger partial charge in [0.2, 0.25) is 0 Å². The molecule has 0 unspecified atom stereocenters. The fourth-order valence-electron chi connectivity index (χ4n) is 2.24. The van der Waals surface area contributed by atoms with E-state index < -0.39 is 0 Å². The second kappa shape index (κ2) is 5.77. The highest BCUT2D eigenvalue weighted by Crippen LogP contribution is 2.14. The van der Waals surface area contributed by atoms with Crippen molar-refractivity contribution < 1.29 is 4.74 Å². The summed E-state index contributed by atoms with van der Waals surface area (Å²) >= 11 is 0. The minimum atomic E-state index is 0.953. The summed E-state index contributed by atoms with van der Waals surface area (Å²) in [5.74, 6) is 0.953. The maximum Gasteiger partial charge on any atom is 0.139 e. The van der Waals surface area contributed by atoms with Crippen molar-refractivity contribution in [3.05, 3.63) is 59.2 Å². The number of hydrogen-bond donors (Lipinski definition) is 0. The molecule has 2 rings (SSSR count). The zero-order chi connectivity index (χ0) is 13.0. The molecule has 0 aromatic heterocycles. The first-order chi connectivity index (χ1) is 8.67. The minimum absolute atomic E-state index is 0.953. The smallest absolute Gasteiger partial charge is 0.139 e. The standard InChI is InChI=1S/C16H19BO/c1-12-4-3-5-13(8-12)6-7-14-9-15(17)11-16(10-14)18-2/h3-5,8-11H,6-7,17H2,1-2H3. The van der Waals surface area contributed by atoms with E-state index >= 15 is 0 Å². The molecule has 1 nitrogen and oxygen atoms in total. The molecule has 2 heteroatoms. The van der Waals surface area contributed by atoms with Gasteiger partial charge in [0.15, 0.2) is 0 Å². The van der Waals surface area contributed by atoms with Crippen molar-refractivity contribution in [1.29, 1.82) is 0 Å². The van der Waals surface area contributed by atoms with E-state index in [9.17, 15) is 0 Å². The largest absolute Gasteiger partial charge is 0.497 e. The van der Waals surface area contributed by atoms with Gasteiger partial charge in [-0.2, -0.15) is 0 Å². The van der Waals surface area contributed by atoms with E-state index in [1.807, 2.05) is 0 Å². The molecule has 0 saturated heterocycles. The van der Waals surface area contributed by atoms with Gasteiger partial charge in [0, 0.05) is 0 Å². The molecule has 0 saturated carbocycles. The normalized spacial score (nSPS) is 10.3. The first kappa shape index (κ1) is 12.8. The Morgan fingerprint density at radius 3 is 2.50 bits per heavy atom. The lowest BCUT2D eigenvalue weighted by molar-refractivity contribution is 0.414. The van der Waals surface area contributed by atoms with Gasteiger partial charge in [0.1, 0.15) is 13.6 Å². The molecule has 0 aliphatic carbocycles. The maximum atomic E-state index is 5.31. The first-order valence-corrected chi connectivity index (χ1v) is 6.37. The van der Waals surface area contributed by atoms with Crippen molar-refractivity contribution in [3.8, 4) is 5.75 Å². The Balaban J connectivity index is 2.08. The zero-order valence-corrected chi connectivity index (χ0v) is 11.4. The molecule has 18 heavy (non-hydrogen) atoms. The molecular weight excluding hydrogens is 219 g/mol. The monoisotopic (exact) mass is 238 g/mol. The van der Waals surface area contributed by atoms with Gasteiger partial charge in [-0.25, -0.2) is 0 Å². The highest BCUT2D eigenvalue weighted by molar-refractivity contribution is 6.32. The third kappa shape index (κ3) is 3.40. The molecule has 0 spiro atoms. The number of hydrogen-bond acceptors (Lipinski definition) is 1. The molecule has 0 amide bonds. The summed E-state index contributed by atoms with van der Waals surface area (Å²) in [6, 6.07) is 15.1. The van der Waals surface area contributed by atoms with Crippen LogP contribution in [0.25, 0.3) is 0 Å². The Bertz CT molecular complexity index is 534. The van der Waals surface area contributed by atoms with Crippen molar-refractivity contribution in [2.75, 3.05) is 7.11 Å². The lowest BCUT2D eigenvalue weighted by Crippen LogP contribution is -2.05. The van der Waals surface area contributed by atoms with Crippen LogP contribution in [-0.4, -0.2) is 15.0 Å². The van der Waals surface area contributed by atoms with E-state index in [-0.39, 0.29) is 0 Å². The summed E-state index contributed by atoms with van der Waals surface area (Å²) < 4.78 is 5.31. The minimum Gasteiger partial charge on any atom is -0.497 e. The average molecular weight is 238 g/mol. The molecule has 0 aliphatic rings. The van der Waals surface area contributed by atoms with E-state index in [0.29, 0.717) is 0 Å². The van der Waals surface area contributed by atoms with Crippen LogP contribution in [0.15, 0.2) is 42.5 Å². The second-order valence-corrected chi connectivity index (χ2v) is 4.85. The molecule has 0 atom stereocenters. The van der Waals surface area contributed by atoms with E-state index in [4.69, 9.17) is 4.74 Å². The molecule has 0 heterocycles. The molecule has 0 radical (unpaired) electrons. The first-order valence-electron chi connectivity index (χ1n) is 6.37. The lowest BCUT2D eigenvalue weighted by atomic mass is 9.92. The predicted molar refractivity (Wildman–Crippen MR) is 79.8 cm³/mol. The third-order valence-electron chi connectivity index (χ3n) is 3.13. The number of aryl methyl sites for hydroxylation is 3. The van der Waals surface area contributed by atoms with Crippen molar-refractivity contribution in [1.82, 2.24) is 0 Å². The number of ether oxygens (including phenoxy) is 1. The van der Waals surface area contributed by atoms with Crippen molar-refractivity contribution in [3.63, 3.8) is 0 Å². The topological polar surface area (TPSA) is 9.23 Å². The Morgan fingerprint density at radius 1 is 1.00 bits per heavy atom. The summed E-state index contributed by atoms with van der Waals surface area (Å²) in [6.07, 6.45) is 2.13. The van der Waals surface area contributed by atoms with Gasteiger partial charge in [-0.15, -0.1) is 0 Å². The zero-order valence-electron chi connectivity index (χ0n) is 11.4. The fraction of sp³-hybridized carbons (Fsp3) is 0.250. The van der Waals surface area contributed by atoms with Crippen LogP contribution >= 0.6 is 0 Å². The third-order valence-corrected chi connectivity index (χ3v) is 3.13. The van der Waals surface area contributed by atoms with Crippen LogP contribution in [0.3, 0.4) is 0 Å². The Hall–Kier alpha value is -1.70. The molecule has 0 N–H and O–H groups in total. The SMILES string of the molecule is Bc1cc(CCc2cccc(C)c2)cc(OC)c1. The van der Waals surface area contributed by atoms with Gasteiger partial charge in [0.25, 0.3) is 0 Å². The van der Waals surface area contributed by atoms with Gasteiger partial charge in [-0.1, -0.05) is 41.4 Å². The molecule has 0 fully saturated rings. The van der Waals surface area contributed by atoms with Crippen molar-refractivity contribution in [2.24, 2.45) is 0 Å². The summed E-state index contributed by atoms with van der Waals surface area (Å²) in [5, 5.41) is 0. The quantitative estimate of drug-likeness (QED) is 0.741. The Labute approximate surface area is 110 Å². The summed E-state index contributed by atoms with van der Waals surface area (Å²) in [7, 11) is 3.83. The van der Waals surface area contributed by atoms with Crippen LogP contribution in [0.2, 0.25) is 0 Å². The second-order valence-electron chi connectivity index (χ2n) is 4.85. The van der Waals surface area contributed by atoms with E-state index in [1.54, 1.807) is 7.11 Å². The Kier molecular flexibility index (Phi) is 4.09. The summed E-state index contributed by atoms with van der Waals surface area (Å²) in [5.41, 5.74) is 5.33. The van der Waals surface area contributed by atoms with Crippen LogP contribution in [0.4, 0.5) is 0 Å². The van der Waals surface area contributed by atoms with Crippen molar-refractivity contribution in [2.45, 2.75) is 19.8 Å². The van der Waals surface area contributed by atoms with Gasteiger partial charge < -0.3 is 4.74 Å². The number of benzene rings is 2. The predicted octanol–water partition coefficient (Wildman–Crippen LogP) is 2.05. The number of rotatable bonds is 4. The van der Waals surface area contributed by atoms with E-state index in [2.05, 4.69) is 57.2 Å². The summed E-state index contributed by atoms with van der Waals surface area (Å²) in [4.78, 5) is 0. The molecule has 2 aromatic carbocycles. The van der Waals surface area contributed by atoms with Crippen molar-refractivity contribution >= 4 is 13.3 Å².